The van der Waals surface area contributed by atoms with Gasteiger partial charge in [-0.25, -0.2) is 9.59 Å². The fraction of sp³-hybridized carbons (Fsp3) is 0.114. The van der Waals surface area contributed by atoms with Crippen molar-refractivity contribution in [1.29, 1.82) is 5.26 Å². The number of hydrogen-bond acceptors (Lipinski definition) is 9. The average molecular weight is 587 g/mol. The highest BCUT2D eigenvalue weighted by Gasteiger charge is 2.32. The number of fused-ring (bicyclic) bond motifs is 2. The van der Waals surface area contributed by atoms with E-state index in [2.05, 4.69) is 6.07 Å². The van der Waals surface area contributed by atoms with E-state index in [-0.39, 0.29) is 22.8 Å². The largest absolute Gasteiger partial charge is 0.493 e. The zero-order chi connectivity index (χ0) is 30.8. The molecule has 1 unspecified atom stereocenters. The first-order valence-electron chi connectivity index (χ1n) is 13.7. The van der Waals surface area contributed by atoms with Crippen molar-refractivity contribution in [3.63, 3.8) is 0 Å². The minimum atomic E-state index is -0.885. The van der Waals surface area contributed by atoms with Gasteiger partial charge < -0.3 is 29.1 Å². The third-order valence-corrected chi connectivity index (χ3v) is 7.30. The summed E-state index contributed by atoms with van der Waals surface area (Å²) in [4.78, 5) is 25.4. The van der Waals surface area contributed by atoms with Gasteiger partial charge in [0.05, 0.1) is 13.0 Å². The van der Waals surface area contributed by atoms with Gasteiger partial charge in [0.1, 0.15) is 40.9 Å². The van der Waals surface area contributed by atoms with Crippen LogP contribution in [0, 0.1) is 18.3 Å². The maximum atomic E-state index is 12.9. The molecule has 218 valence electrons. The fourth-order valence-corrected chi connectivity index (χ4v) is 5.04. The van der Waals surface area contributed by atoms with Crippen LogP contribution in [0.5, 0.6) is 23.0 Å². The summed E-state index contributed by atoms with van der Waals surface area (Å²) in [6.07, 6.45) is 0. The molecule has 1 aliphatic heterocycles. The molecule has 0 saturated carbocycles. The first kappa shape index (κ1) is 28.1. The molecule has 0 bridgehead atoms. The topological polar surface area (TPSA) is 134 Å². The molecule has 9 heteroatoms. The molecule has 0 aliphatic carbocycles. The number of esters is 1. The van der Waals surface area contributed by atoms with Gasteiger partial charge in [-0.3, -0.25) is 0 Å². The number of ether oxygens (including phenoxy) is 4. The number of nitrogens with zero attached hydrogens (tertiary/aromatic N) is 1. The molecule has 6 rings (SSSR count). The van der Waals surface area contributed by atoms with Crippen LogP contribution in [0.4, 0.5) is 0 Å². The summed E-state index contributed by atoms with van der Waals surface area (Å²) >= 11 is 0. The van der Waals surface area contributed by atoms with Crippen molar-refractivity contribution in [3.8, 4) is 29.1 Å². The maximum Gasteiger partial charge on any atom is 0.351 e. The standard InChI is InChI=1S/C35H26N2O7/c1-20-7-9-21(10-8-20)19-41-29-14-11-23(16-31(29)40-2)32-25-13-12-24(17-30(25)43-33(37)27(32)18-36)42-34(38)26-15-22-5-3-4-6-28(22)44-35(26)39/h3-17,32H,19,37H2,1-2H3. The summed E-state index contributed by atoms with van der Waals surface area (Å²) in [7, 11) is 1.54. The Balaban J connectivity index is 1.28. The number of benzene rings is 4. The first-order chi connectivity index (χ1) is 21.3. The molecule has 1 atom stereocenters. The zero-order valence-corrected chi connectivity index (χ0v) is 23.8. The van der Waals surface area contributed by atoms with E-state index < -0.39 is 17.5 Å². The highest BCUT2D eigenvalue weighted by atomic mass is 16.5. The van der Waals surface area contributed by atoms with Crippen LogP contribution in [0.15, 0.2) is 112 Å². The van der Waals surface area contributed by atoms with Gasteiger partial charge >= 0.3 is 11.6 Å². The van der Waals surface area contributed by atoms with E-state index >= 15 is 0 Å². The quantitative estimate of drug-likeness (QED) is 0.136. The van der Waals surface area contributed by atoms with Gasteiger partial charge in [0.2, 0.25) is 5.88 Å². The molecule has 0 radical (unpaired) electrons. The van der Waals surface area contributed by atoms with Crippen LogP contribution in [0.1, 0.15) is 38.5 Å². The van der Waals surface area contributed by atoms with E-state index in [1.54, 1.807) is 55.6 Å². The van der Waals surface area contributed by atoms with Crippen molar-refractivity contribution in [2.75, 3.05) is 7.11 Å². The molecule has 9 nitrogen and oxygen atoms in total. The smallest absolute Gasteiger partial charge is 0.351 e. The molecule has 0 spiro atoms. The number of aryl methyl sites for hydroxylation is 1. The number of para-hydroxylation sites is 1. The SMILES string of the molecule is COc1cc(C2C(C#N)=C(N)Oc3cc(OC(=O)c4cc5ccccc5oc4=O)ccc32)ccc1OCc1ccc(C)cc1. The van der Waals surface area contributed by atoms with E-state index in [1.807, 2.05) is 37.3 Å². The molecule has 44 heavy (non-hydrogen) atoms. The normalized spacial score (nSPS) is 13.9. The molecule has 2 N–H and O–H groups in total. The molecular weight excluding hydrogens is 560 g/mol. The fourth-order valence-electron chi connectivity index (χ4n) is 5.04. The maximum absolute atomic E-state index is 12.9. The summed E-state index contributed by atoms with van der Waals surface area (Å²) in [6.45, 7) is 2.38. The predicted molar refractivity (Wildman–Crippen MR) is 162 cm³/mol. The number of nitrogens with two attached hydrogens (primary N) is 1. The summed E-state index contributed by atoms with van der Waals surface area (Å²) in [6, 6.07) is 28.6. The molecule has 5 aromatic rings. The van der Waals surface area contributed by atoms with E-state index in [9.17, 15) is 14.9 Å². The van der Waals surface area contributed by atoms with Crippen LogP contribution in [0.25, 0.3) is 11.0 Å². The lowest BCUT2D eigenvalue weighted by atomic mass is 9.83. The zero-order valence-electron chi connectivity index (χ0n) is 23.8. The Morgan fingerprint density at radius 1 is 0.977 bits per heavy atom. The number of nitriles is 1. The monoisotopic (exact) mass is 586 g/mol. The second-order valence-electron chi connectivity index (χ2n) is 10.2. The van der Waals surface area contributed by atoms with Crippen molar-refractivity contribution < 1.29 is 28.2 Å². The summed E-state index contributed by atoms with van der Waals surface area (Å²) in [5, 5.41) is 10.6. The lowest BCUT2D eigenvalue weighted by molar-refractivity contribution is 0.0730. The van der Waals surface area contributed by atoms with Crippen LogP contribution in [0.3, 0.4) is 0 Å². The molecule has 4 aromatic carbocycles. The second-order valence-corrected chi connectivity index (χ2v) is 10.2. The minimum Gasteiger partial charge on any atom is -0.493 e. The van der Waals surface area contributed by atoms with Crippen molar-refractivity contribution in [2.24, 2.45) is 5.73 Å². The third-order valence-electron chi connectivity index (χ3n) is 7.30. The van der Waals surface area contributed by atoms with E-state index in [1.165, 1.54) is 12.1 Å². The van der Waals surface area contributed by atoms with Crippen molar-refractivity contribution in [2.45, 2.75) is 19.4 Å². The summed E-state index contributed by atoms with van der Waals surface area (Å²) in [5.74, 6) is -0.127. The lowest BCUT2D eigenvalue weighted by Crippen LogP contribution is -2.22. The van der Waals surface area contributed by atoms with Crippen LogP contribution in [-0.4, -0.2) is 13.1 Å². The van der Waals surface area contributed by atoms with Crippen molar-refractivity contribution in [1.82, 2.24) is 0 Å². The molecule has 0 saturated heterocycles. The number of methoxy groups -OCH3 is 1. The Morgan fingerprint density at radius 3 is 2.55 bits per heavy atom. The predicted octanol–water partition coefficient (Wildman–Crippen LogP) is 6.13. The molecule has 1 aromatic heterocycles. The molecule has 0 amide bonds. The van der Waals surface area contributed by atoms with Crippen LogP contribution >= 0.6 is 0 Å². The Kier molecular flexibility index (Phi) is 7.48. The van der Waals surface area contributed by atoms with Crippen molar-refractivity contribution in [3.05, 3.63) is 141 Å². The highest BCUT2D eigenvalue weighted by molar-refractivity contribution is 5.94. The Morgan fingerprint density at radius 2 is 1.77 bits per heavy atom. The second kappa shape index (κ2) is 11.7. The minimum absolute atomic E-state index is 0.0812. The Hall–Kier alpha value is -6.01. The Labute approximate surface area is 252 Å². The number of allylic oxidation sites excluding steroid dienone is 1. The van der Waals surface area contributed by atoms with Crippen LogP contribution < -0.4 is 30.3 Å². The number of carbonyl (C=O) groups excluding carboxylic acids is 1. The lowest BCUT2D eigenvalue weighted by Gasteiger charge is -2.27. The first-order valence-corrected chi connectivity index (χ1v) is 13.7. The summed E-state index contributed by atoms with van der Waals surface area (Å²) < 4.78 is 28.2. The van der Waals surface area contributed by atoms with Gasteiger partial charge in [-0.15, -0.1) is 0 Å². The highest BCUT2D eigenvalue weighted by Crippen LogP contribution is 2.45. The number of carbonyl (C=O) groups is 1. The molecule has 1 aliphatic rings. The average Bonchev–Trinajstić information content (AvgIpc) is 3.03. The van der Waals surface area contributed by atoms with Crippen LogP contribution in [-0.2, 0) is 6.61 Å². The Bertz CT molecular complexity index is 2040. The molecule has 0 fully saturated rings. The van der Waals surface area contributed by atoms with Crippen LogP contribution in [0.2, 0.25) is 0 Å². The van der Waals surface area contributed by atoms with Gasteiger partial charge in [0.25, 0.3) is 0 Å². The van der Waals surface area contributed by atoms with E-state index in [0.717, 1.165) is 11.1 Å². The van der Waals surface area contributed by atoms with Gasteiger partial charge in [0.15, 0.2) is 11.5 Å². The summed E-state index contributed by atoms with van der Waals surface area (Å²) in [5.41, 5.74) is 9.22. The number of rotatable bonds is 7. The van der Waals surface area contributed by atoms with Gasteiger partial charge in [-0.05, 0) is 48.4 Å². The molecule has 2 heterocycles. The molecular formula is C35H26N2O7. The van der Waals surface area contributed by atoms with Gasteiger partial charge in [-0.2, -0.15) is 5.26 Å². The van der Waals surface area contributed by atoms with E-state index in [4.69, 9.17) is 29.1 Å². The van der Waals surface area contributed by atoms with Gasteiger partial charge in [-0.1, -0.05) is 60.2 Å². The number of hydrogen-bond donors (Lipinski definition) is 1. The van der Waals surface area contributed by atoms with Gasteiger partial charge in [0, 0.05) is 17.0 Å². The third kappa shape index (κ3) is 5.44. The van der Waals surface area contributed by atoms with Crippen molar-refractivity contribution >= 4 is 16.9 Å². The van der Waals surface area contributed by atoms with E-state index in [0.29, 0.717) is 46.0 Å².